The highest BCUT2D eigenvalue weighted by Gasteiger charge is 2.11. The van der Waals surface area contributed by atoms with Crippen LogP contribution in [0.15, 0.2) is 47.3 Å². The Labute approximate surface area is 101 Å². The van der Waals surface area contributed by atoms with Gasteiger partial charge in [-0.15, -0.1) is 11.6 Å². The van der Waals surface area contributed by atoms with Gasteiger partial charge in [0.15, 0.2) is 0 Å². The fourth-order valence-electron chi connectivity index (χ4n) is 1.88. The van der Waals surface area contributed by atoms with Gasteiger partial charge in [-0.2, -0.15) is 0 Å². The van der Waals surface area contributed by atoms with E-state index in [2.05, 4.69) is 31.2 Å². The van der Waals surface area contributed by atoms with Crippen molar-refractivity contribution in [3.8, 4) is 0 Å². The van der Waals surface area contributed by atoms with E-state index in [-0.39, 0.29) is 0 Å². The molecule has 0 saturated carbocycles. The van der Waals surface area contributed by atoms with Gasteiger partial charge < -0.3 is 4.42 Å². The molecule has 0 saturated heterocycles. The van der Waals surface area contributed by atoms with Crippen molar-refractivity contribution in [1.82, 2.24) is 0 Å². The highest BCUT2D eigenvalue weighted by Crippen LogP contribution is 2.23. The standard InChI is InChI=1S/C14H15ClO/c1-11-3-2-4-13(7-11)14(9-15)8-12-5-6-16-10-12/h2-7,10,14H,8-9H2,1H3. The Morgan fingerprint density at radius 1 is 1.31 bits per heavy atom. The highest BCUT2D eigenvalue weighted by atomic mass is 35.5. The number of benzene rings is 1. The summed E-state index contributed by atoms with van der Waals surface area (Å²) in [6.07, 6.45) is 4.43. The molecule has 0 aliphatic carbocycles. The van der Waals surface area contributed by atoms with Crippen LogP contribution in [0.1, 0.15) is 22.6 Å². The van der Waals surface area contributed by atoms with Crippen molar-refractivity contribution < 1.29 is 4.42 Å². The number of hydrogen-bond donors (Lipinski definition) is 0. The summed E-state index contributed by atoms with van der Waals surface area (Å²) in [5, 5.41) is 0. The molecule has 1 aromatic carbocycles. The van der Waals surface area contributed by atoms with Crippen LogP contribution in [0.2, 0.25) is 0 Å². The zero-order valence-corrected chi connectivity index (χ0v) is 10.1. The first-order valence-corrected chi connectivity index (χ1v) is 5.96. The minimum atomic E-state index is 0.360. The Morgan fingerprint density at radius 2 is 2.19 bits per heavy atom. The Bertz CT molecular complexity index is 434. The van der Waals surface area contributed by atoms with E-state index in [0.717, 1.165) is 6.42 Å². The number of rotatable bonds is 4. The van der Waals surface area contributed by atoms with Crippen molar-refractivity contribution in [3.63, 3.8) is 0 Å². The molecule has 1 aromatic heterocycles. The molecular formula is C14H15ClO. The molecule has 0 spiro atoms. The lowest BCUT2D eigenvalue weighted by Crippen LogP contribution is -2.04. The van der Waals surface area contributed by atoms with Crippen molar-refractivity contribution in [2.75, 3.05) is 5.88 Å². The molecule has 0 radical (unpaired) electrons. The highest BCUT2D eigenvalue weighted by molar-refractivity contribution is 6.18. The van der Waals surface area contributed by atoms with Gasteiger partial charge in [0.1, 0.15) is 0 Å². The second-order valence-electron chi connectivity index (χ2n) is 4.10. The number of aryl methyl sites for hydroxylation is 1. The first kappa shape index (κ1) is 11.3. The van der Waals surface area contributed by atoms with E-state index >= 15 is 0 Å². The third kappa shape index (κ3) is 2.67. The van der Waals surface area contributed by atoms with Crippen LogP contribution in [-0.2, 0) is 6.42 Å². The van der Waals surface area contributed by atoms with Gasteiger partial charge >= 0.3 is 0 Å². The van der Waals surface area contributed by atoms with Gasteiger partial charge in [-0.05, 0) is 30.5 Å². The van der Waals surface area contributed by atoms with Gasteiger partial charge in [-0.1, -0.05) is 29.8 Å². The molecule has 1 heterocycles. The second kappa shape index (κ2) is 5.22. The molecule has 1 atom stereocenters. The first-order chi connectivity index (χ1) is 7.79. The summed E-state index contributed by atoms with van der Waals surface area (Å²) in [6, 6.07) is 10.5. The molecule has 1 unspecified atom stereocenters. The zero-order chi connectivity index (χ0) is 11.4. The lowest BCUT2D eigenvalue weighted by Gasteiger charge is -2.13. The normalized spacial score (nSPS) is 12.6. The fourth-order valence-corrected chi connectivity index (χ4v) is 2.17. The minimum Gasteiger partial charge on any atom is -0.472 e. The summed E-state index contributed by atoms with van der Waals surface area (Å²) < 4.78 is 5.08. The number of alkyl halides is 1. The predicted octanol–water partition coefficient (Wildman–Crippen LogP) is 4.15. The summed E-state index contributed by atoms with van der Waals surface area (Å²) in [6.45, 7) is 2.10. The van der Waals surface area contributed by atoms with E-state index < -0.39 is 0 Å². The maximum atomic E-state index is 6.04. The van der Waals surface area contributed by atoms with Crippen LogP contribution in [0.25, 0.3) is 0 Å². The smallest absolute Gasteiger partial charge is 0.0934 e. The maximum absolute atomic E-state index is 6.04. The van der Waals surface area contributed by atoms with Crippen LogP contribution in [-0.4, -0.2) is 5.88 Å². The monoisotopic (exact) mass is 234 g/mol. The molecule has 0 amide bonds. The van der Waals surface area contributed by atoms with E-state index in [0.29, 0.717) is 11.8 Å². The van der Waals surface area contributed by atoms with Crippen LogP contribution in [0.5, 0.6) is 0 Å². The Hall–Kier alpha value is -1.21. The lowest BCUT2D eigenvalue weighted by atomic mass is 9.94. The maximum Gasteiger partial charge on any atom is 0.0934 e. The van der Waals surface area contributed by atoms with Crippen molar-refractivity contribution >= 4 is 11.6 Å². The summed E-state index contributed by atoms with van der Waals surface area (Å²) in [7, 11) is 0. The molecular weight excluding hydrogens is 220 g/mol. The fraction of sp³-hybridized carbons (Fsp3) is 0.286. The molecule has 2 rings (SSSR count). The van der Waals surface area contributed by atoms with Gasteiger partial charge in [0, 0.05) is 11.8 Å². The SMILES string of the molecule is Cc1cccc(C(CCl)Cc2ccoc2)c1. The molecule has 0 N–H and O–H groups in total. The topological polar surface area (TPSA) is 13.1 Å². The first-order valence-electron chi connectivity index (χ1n) is 5.43. The Kier molecular flexibility index (Phi) is 3.68. The summed E-state index contributed by atoms with van der Waals surface area (Å²) in [5.74, 6) is 0.994. The average Bonchev–Trinajstić information content (AvgIpc) is 2.78. The summed E-state index contributed by atoms with van der Waals surface area (Å²) in [5.41, 5.74) is 3.78. The molecule has 2 heteroatoms. The molecule has 1 nitrogen and oxygen atoms in total. The van der Waals surface area contributed by atoms with Gasteiger partial charge in [0.2, 0.25) is 0 Å². The molecule has 84 valence electrons. The third-order valence-corrected chi connectivity index (χ3v) is 3.13. The van der Waals surface area contributed by atoms with E-state index in [9.17, 15) is 0 Å². The van der Waals surface area contributed by atoms with Crippen molar-refractivity contribution in [2.45, 2.75) is 19.3 Å². The van der Waals surface area contributed by atoms with Crippen LogP contribution in [0.4, 0.5) is 0 Å². The van der Waals surface area contributed by atoms with Crippen LogP contribution in [0, 0.1) is 6.92 Å². The second-order valence-corrected chi connectivity index (χ2v) is 4.41. The molecule has 2 aromatic rings. The van der Waals surface area contributed by atoms with Crippen molar-refractivity contribution in [2.24, 2.45) is 0 Å². The van der Waals surface area contributed by atoms with E-state index in [1.165, 1.54) is 16.7 Å². The summed E-state index contributed by atoms with van der Waals surface area (Å²) in [4.78, 5) is 0. The minimum absolute atomic E-state index is 0.360. The van der Waals surface area contributed by atoms with Crippen molar-refractivity contribution in [3.05, 3.63) is 59.5 Å². The molecule has 16 heavy (non-hydrogen) atoms. The zero-order valence-electron chi connectivity index (χ0n) is 9.32. The summed E-state index contributed by atoms with van der Waals surface area (Å²) >= 11 is 6.04. The van der Waals surface area contributed by atoms with Crippen LogP contribution in [0.3, 0.4) is 0 Å². The Morgan fingerprint density at radius 3 is 2.81 bits per heavy atom. The molecule has 0 aliphatic heterocycles. The Balaban J connectivity index is 2.16. The number of hydrogen-bond acceptors (Lipinski definition) is 1. The quantitative estimate of drug-likeness (QED) is 0.725. The number of furan rings is 1. The van der Waals surface area contributed by atoms with E-state index in [4.69, 9.17) is 16.0 Å². The number of halogens is 1. The largest absolute Gasteiger partial charge is 0.472 e. The van der Waals surface area contributed by atoms with Gasteiger partial charge in [-0.25, -0.2) is 0 Å². The van der Waals surface area contributed by atoms with Crippen LogP contribution < -0.4 is 0 Å². The van der Waals surface area contributed by atoms with Gasteiger partial charge in [0.05, 0.1) is 12.5 Å². The third-order valence-electron chi connectivity index (χ3n) is 2.76. The van der Waals surface area contributed by atoms with E-state index in [1.54, 1.807) is 12.5 Å². The molecule has 0 bridgehead atoms. The molecule has 0 fully saturated rings. The van der Waals surface area contributed by atoms with Gasteiger partial charge in [-0.3, -0.25) is 0 Å². The predicted molar refractivity (Wildman–Crippen MR) is 67.1 cm³/mol. The molecule has 0 aliphatic rings. The van der Waals surface area contributed by atoms with Crippen LogP contribution >= 0.6 is 11.6 Å². The van der Waals surface area contributed by atoms with Crippen molar-refractivity contribution in [1.29, 1.82) is 0 Å². The lowest BCUT2D eigenvalue weighted by molar-refractivity contribution is 0.562. The van der Waals surface area contributed by atoms with E-state index in [1.807, 2.05) is 6.07 Å². The van der Waals surface area contributed by atoms with Gasteiger partial charge in [0.25, 0.3) is 0 Å². The average molecular weight is 235 g/mol.